The van der Waals surface area contributed by atoms with Crippen LogP contribution in [0.15, 0.2) is 30.3 Å². The van der Waals surface area contributed by atoms with E-state index in [1.54, 1.807) is 34.6 Å². The third kappa shape index (κ3) is 14.2. The summed E-state index contributed by atoms with van der Waals surface area (Å²) in [5.74, 6) is -1.98. The summed E-state index contributed by atoms with van der Waals surface area (Å²) < 4.78 is 5.33. The number of aliphatic hydroxyl groups is 1. The van der Waals surface area contributed by atoms with E-state index < -0.39 is 52.7 Å². The van der Waals surface area contributed by atoms with Crippen LogP contribution in [0.4, 0.5) is 4.79 Å². The number of benzene rings is 1. The van der Waals surface area contributed by atoms with Crippen LogP contribution in [0.3, 0.4) is 0 Å². The van der Waals surface area contributed by atoms with Crippen molar-refractivity contribution in [1.29, 1.82) is 0 Å². The van der Waals surface area contributed by atoms with Crippen LogP contribution in [0.25, 0.3) is 0 Å². The molecule has 0 saturated carbocycles. The van der Waals surface area contributed by atoms with E-state index in [4.69, 9.17) is 4.74 Å². The van der Waals surface area contributed by atoms with E-state index in [-0.39, 0.29) is 37.1 Å². The maximum Gasteiger partial charge on any atom is 0.408 e. The minimum absolute atomic E-state index is 0.000713. The van der Waals surface area contributed by atoms with Crippen LogP contribution in [0.5, 0.6) is 0 Å². The van der Waals surface area contributed by atoms with Crippen molar-refractivity contribution in [3.63, 3.8) is 0 Å². The van der Waals surface area contributed by atoms with Gasteiger partial charge in [-0.3, -0.25) is 14.4 Å². The Bertz CT molecular complexity index is 1040. The van der Waals surface area contributed by atoms with Gasteiger partial charge < -0.3 is 31.1 Å². The van der Waals surface area contributed by atoms with Gasteiger partial charge in [0.25, 0.3) is 0 Å². The van der Waals surface area contributed by atoms with Crippen molar-refractivity contribution in [2.24, 2.45) is 17.3 Å². The number of aliphatic hydroxyl groups excluding tert-OH is 1. The molecule has 1 aromatic carbocycles. The topological polar surface area (TPSA) is 146 Å². The number of carbonyl (C=O) groups is 4. The monoisotopic (exact) mass is 590 g/mol. The molecule has 0 aromatic heterocycles. The Balaban J connectivity index is 3.08. The third-order valence-electron chi connectivity index (χ3n) is 6.46. The first-order chi connectivity index (χ1) is 19.1. The second kappa shape index (κ2) is 15.4. The Kier molecular flexibility index (Phi) is 13.5. The first-order valence-corrected chi connectivity index (χ1v) is 14.7. The van der Waals surface area contributed by atoms with Crippen molar-refractivity contribution in [3.8, 4) is 0 Å². The quantitative estimate of drug-likeness (QED) is 0.251. The van der Waals surface area contributed by atoms with Crippen molar-refractivity contribution in [3.05, 3.63) is 35.9 Å². The Morgan fingerprint density at radius 3 is 1.90 bits per heavy atom. The number of alkyl carbamates (subject to hydrolysis) is 1. The summed E-state index contributed by atoms with van der Waals surface area (Å²) >= 11 is 0. The number of rotatable bonds is 12. The van der Waals surface area contributed by atoms with Crippen LogP contribution in [0, 0.1) is 17.3 Å². The van der Waals surface area contributed by atoms with E-state index >= 15 is 0 Å². The first kappa shape index (κ1) is 36.9. The van der Waals surface area contributed by atoms with E-state index in [1.165, 1.54) is 0 Å². The number of carbonyl (C=O) groups excluding carboxylic acids is 4. The van der Waals surface area contributed by atoms with E-state index in [0.717, 1.165) is 5.56 Å². The average Bonchev–Trinajstić information content (AvgIpc) is 2.81. The molecule has 1 aromatic rings. The Morgan fingerprint density at radius 1 is 0.857 bits per heavy atom. The van der Waals surface area contributed by atoms with Gasteiger partial charge in [0.15, 0.2) is 0 Å². The van der Waals surface area contributed by atoms with E-state index in [9.17, 15) is 24.3 Å². The largest absolute Gasteiger partial charge is 0.444 e. The lowest BCUT2D eigenvalue weighted by molar-refractivity contribution is -0.134. The first-order valence-electron chi connectivity index (χ1n) is 14.7. The van der Waals surface area contributed by atoms with E-state index in [2.05, 4.69) is 21.3 Å². The molecule has 10 heteroatoms. The Labute approximate surface area is 252 Å². The lowest BCUT2D eigenvalue weighted by Crippen LogP contribution is -2.57. The van der Waals surface area contributed by atoms with Gasteiger partial charge in [0.05, 0.1) is 18.1 Å². The average molecular weight is 591 g/mol. The summed E-state index contributed by atoms with van der Waals surface area (Å²) in [6, 6.07) is 7.67. The minimum atomic E-state index is -1.16. The highest BCUT2D eigenvalue weighted by molar-refractivity contribution is 5.87. The van der Waals surface area contributed by atoms with E-state index in [1.807, 2.05) is 71.9 Å². The maximum atomic E-state index is 13.4. The molecule has 0 aliphatic carbocycles. The van der Waals surface area contributed by atoms with Crippen LogP contribution >= 0.6 is 0 Å². The van der Waals surface area contributed by atoms with Gasteiger partial charge in [-0.2, -0.15) is 0 Å². The van der Waals surface area contributed by atoms with Gasteiger partial charge in [-0.1, -0.05) is 65.0 Å². The summed E-state index contributed by atoms with van der Waals surface area (Å²) in [6.07, 6.45) is -1.58. The summed E-state index contributed by atoms with van der Waals surface area (Å²) in [7, 11) is 0. The predicted octanol–water partition coefficient (Wildman–Crippen LogP) is 3.71. The summed E-state index contributed by atoms with van der Waals surface area (Å²) in [6.45, 7) is 20.0. The standard InChI is InChI=1S/C32H54N4O6/c1-20(2)26(35-29(41)42-32(9,10)11)28(40)34-23(17-21-15-13-12-14-16-21)24(37)19-33-27(39)22(30(3,4)5)18-25(38)36-31(6,7)8/h12-16,20,22-24,26,37H,17-19H2,1-11H3,(H,33,39)(H,34,40)(H,35,41)(H,36,38)/t22-,23+,24-,26+/m1/s1. The molecule has 42 heavy (non-hydrogen) atoms. The number of ether oxygens (including phenoxy) is 1. The number of hydrogen-bond donors (Lipinski definition) is 5. The van der Waals surface area contributed by atoms with Gasteiger partial charge in [-0.25, -0.2) is 4.79 Å². The fraction of sp³-hybridized carbons (Fsp3) is 0.688. The van der Waals surface area contributed by atoms with Gasteiger partial charge in [0.2, 0.25) is 17.7 Å². The molecule has 0 radical (unpaired) electrons. The molecule has 0 bridgehead atoms. The predicted molar refractivity (Wildman–Crippen MR) is 165 cm³/mol. The Morgan fingerprint density at radius 2 is 1.43 bits per heavy atom. The third-order valence-corrected chi connectivity index (χ3v) is 6.46. The van der Waals surface area contributed by atoms with Crippen LogP contribution in [-0.2, 0) is 25.5 Å². The molecule has 0 aliphatic heterocycles. The second-order valence-electron chi connectivity index (χ2n) is 14.4. The zero-order valence-corrected chi connectivity index (χ0v) is 27.4. The van der Waals surface area contributed by atoms with Gasteiger partial charge in [-0.05, 0) is 64.9 Å². The summed E-state index contributed by atoms with van der Waals surface area (Å²) in [5.41, 5.74) is -0.799. The van der Waals surface area contributed by atoms with Crippen molar-refractivity contribution >= 4 is 23.8 Å². The van der Waals surface area contributed by atoms with E-state index in [0.29, 0.717) is 0 Å². The summed E-state index contributed by atoms with van der Waals surface area (Å²) in [4.78, 5) is 51.7. The highest BCUT2D eigenvalue weighted by atomic mass is 16.6. The molecule has 0 saturated heterocycles. The maximum absolute atomic E-state index is 13.4. The molecule has 5 N–H and O–H groups in total. The van der Waals surface area contributed by atoms with Crippen molar-refractivity contribution < 1.29 is 29.0 Å². The molecule has 0 heterocycles. The molecular formula is C32H54N4O6. The van der Waals surface area contributed by atoms with Gasteiger partial charge >= 0.3 is 6.09 Å². The zero-order valence-electron chi connectivity index (χ0n) is 27.4. The second-order valence-corrected chi connectivity index (χ2v) is 14.4. The van der Waals surface area contributed by atoms with Crippen LogP contribution in [0.2, 0.25) is 0 Å². The fourth-order valence-corrected chi connectivity index (χ4v) is 4.31. The Hall–Kier alpha value is -3.14. The molecule has 4 amide bonds. The lowest BCUT2D eigenvalue weighted by atomic mass is 9.77. The molecule has 10 nitrogen and oxygen atoms in total. The molecule has 1 rings (SSSR count). The highest BCUT2D eigenvalue weighted by Gasteiger charge is 2.35. The normalized spacial score (nSPS) is 15.2. The van der Waals surface area contributed by atoms with Gasteiger partial charge in [-0.15, -0.1) is 0 Å². The molecular weight excluding hydrogens is 536 g/mol. The molecule has 238 valence electrons. The highest BCUT2D eigenvalue weighted by Crippen LogP contribution is 2.29. The SMILES string of the molecule is CC(C)[C@H](NC(=O)OC(C)(C)C)C(=O)N[C@@H](Cc1ccccc1)[C@H](O)CNC(=O)[C@@H](CC(=O)NC(C)(C)C)C(C)(C)C. The smallest absolute Gasteiger partial charge is 0.408 e. The lowest BCUT2D eigenvalue weighted by Gasteiger charge is -2.32. The number of hydrogen-bond acceptors (Lipinski definition) is 6. The molecule has 0 unspecified atom stereocenters. The fourth-order valence-electron chi connectivity index (χ4n) is 4.31. The van der Waals surface area contributed by atoms with Crippen molar-refractivity contribution in [1.82, 2.24) is 21.3 Å². The molecule has 0 aliphatic rings. The summed E-state index contributed by atoms with van der Waals surface area (Å²) in [5, 5.41) is 22.4. The van der Waals surface area contributed by atoms with Crippen LogP contribution in [-0.4, -0.2) is 64.8 Å². The van der Waals surface area contributed by atoms with Crippen LogP contribution < -0.4 is 21.3 Å². The number of nitrogens with one attached hydrogen (secondary N) is 4. The zero-order chi connectivity index (χ0) is 32.5. The van der Waals surface area contributed by atoms with Crippen LogP contribution in [0.1, 0.15) is 88.1 Å². The van der Waals surface area contributed by atoms with Crippen molar-refractivity contribution in [2.75, 3.05) is 6.54 Å². The van der Waals surface area contributed by atoms with Gasteiger partial charge in [0, 0.05) is 18.5 Å². The minimum Gasteiger partial charge on any atom is -0.444 e. The van der Waals surface area contributed by atoms with Crippen molar-refractivity contribution in [2.45, 2.75) is 118 Å². The molecule has 0 fully saturated rings. The number of amides is 4. The van der Waals surface area contributed by atoms with Gasteiger partial charge in [0.1, 0.15) is 11.6 Å². The molecule has 4 atom stereocenters. The molecule has 0 spiro atoms.